The molecule has 3 N–H and O–H groups in total. The van der Waals surface area contributed by atoms with Gasteiger partial charge >= 0.3 is 6.03 Å². The van der Waals surface area contributed by atoms with Crippen LogP contribution < -0.4 is 16.0 Å². The number of nitrogens with one attached hydrogen (secondary N) is 3. The molecule has 0 fully saturated rings. The Labute approximate surface area is 125 Å². The van der Waals surface area contributed by atoms with E-state index >= 15 is 0 Å². The van der Waals surface area contributed by atoms with Gasteiger partial charge in [0.15, 0.2) is 0 Å². The number of hydrogen-bond donors (Lipinski definition) is 3. The van der Waals surface area contributed by atoms with Crippen molar-refractivity contribution in [2.45, 2.75) is 34.6 Å². The Bertz CT molecular complexity index is 540. The zero-order valence-electron chi connectivity index (χ0n) is 13.2. The van der Waals surface area contributed by atoms with Crippen LogP contribution in [0.4, 0.5) is 16.2 Å². The van der Waals surface area contributed by atoms with Crippen LogP contribution in [0.5, 0.6) is 0 Å². The van der Waals surface area contributed by atoms with Crippen LogP contribution in [0.25, 0.3) is 0 Å². The Hall–Kier alpha value is -2.30. The molecule has 0 aliphatic heterocycles. The van der Waals surface area contributed by atoms with Crippen LogP contribution in [0.3, 0.4) is 0 Å². The molecule has 1 aromatic rings. The molecule has 5 heteroatoms. The summed E-state index contributed by atoms with van der Waals surface area (Å²) in [6, 6.07) is 6.61. The number of benzene rings is 1. The molecule has 0 saturated heterocycles. The van der Waals surface area contributed by atoms with E-state index in [0.29, 0.717) is 11.4 Å². The maximum atomic E-state index is 11.8. The van der Waals surface area contributed by atoms with Crippen molar-refractivity contribution in [1.82, 2.24) is 5.32 Å². The molecule has 0 aliphatic rings. The summed E-state index contributed by atoms with van der Waals surface area (Å²) in [7, 11) is 0. The fourth-order valence-electron chi connectivity index (χ4n) is 1.40. The van der Waals surface area contributed by atoms with Crippen molar-refractivity contribution in [1.29, 1.82) is 0 Å². The number of carbonyl (C=O) groups is 2. The van der Waals surface area contributed by atoms with E-state index in [1.807, 2.05) is 6.92 Å². The van der Waals surface area contributed by atoms with Gasteiger partial charge in [-0.3, -0.25) is 4.79 Å². The highest BCUT2D eigenvalue weighted by Gasteiger charge is 2.12. The maximum absolute atomic E-state index is 11.8. The molecule has 21 heavy (non-hydrogen) atoms. The lowest BCUT2D eigenvalue weighted by atomic mass is 9.88. The number of allylic oxidation sites excluding steroid dienone is 1. The normalized spacial score (nSPS) is 11.8. The second-order valence-electron chi connectivity index (χ2n) is 5.93. The number of rotatable bonds is 3. The molecule has 0 bridgehead atoms. The average molecular weight is 289 g/mol. The highest BCUT2D eigenvalue weighted by molar-refractivity contribution is 5.91. The number of hydrogen-bond acceptors (Lipinski definition) is 2. The molecule has 5 nitrogen and oxygen atoms in total. The van der Waals surface area contributed by atoms with Gasteiger partial charge in [-0.05, 0) is 36.6 Å². The molecule has 0 aliphatic carbocycles. The van der Waals surface area contributed by atoms with E-state index in [1.165, 1.54) is 6.92 Å². The lowest BCUT2D eigenvalue weighted by molar-refractivity contribution is -0.114. The fraction of sp³-hybridized carbons (Fsp3) is 0.375. The van der Waals surface area contributed by atoms with Crippen molar-refractivity contribution in [3.63, 3.8) is 0 Å². The first-order valence-corrected chi connectivity index (χ1v) is 6.81. The van der Waals surface area contributed by atoms with Gasteiger partial charge in [0.1, 0.15) is 0 Å². The van der Waals surface area contributed by atoms with E-state index in [1.54, 1.807) is 30.5 Å². The maximum Gasteiger partial charge on any atom is 0.323 e. The van der Waals surface area contributed by atoms with Crippen LogP contribution in [-0.4, -0.2) is 11.9 Å². The molecular weight excluding hydrogens is 266 g/mol. The molecule has 0 saturated carbocycles. The number of carbonyl (C=O) groups excluding carboxylic acids is 2. The van der Waals surface area contributed by atoms with Gasteiger partial charge in [-0.1, -0.05) is 26.3 Å². The molecule has 0 atom stereocenters. The summed E-state index contributed by atoms with van der Waals surface area (Å²) in [5, 5.41) is 8.09. The largest absolute Gasteiger partial charge is 0.326 e. The smallest absolute Gasteiger partial charge is 0.323 e. The predicted molar refractivity (Wildman–Crippen MR) is 86.1 cm³/mol. The summed E-state index contributed by atoms with van der Waals surface area (Å²) in [5.41, 5.74) is 2.45. The van der Waals surface area contributed by atoms with Gasteiger partial charge in [0, 0.05) is 24.5 Å². The topological polar surface area (TPSA) is 70.2 Å². The van der Waals surface area contributed by atoms with E-state index in [9.17, 15) is 9.59 Å². The quantitative estimate of drug-likeness (QED) is 0.793. The second-order valence-corrected chi connectivity index (χ2v) is 5.93. The van der Waals surface area contributed by atoms with E-state index in [4.69, 9.17) is 0 Å². The molecule has 0 unspecified atom stereocenters. The fourth-order valence-corrected chi connectivity index (χ4v) is 1.40. The first-order chi connectivity index (χ1) is 9.68. The average Bonchev–Trinajstić information content (AvgIpc) is 2.36. The van der Waals surface area contributed by atoms with Crippen molar-refractivity contribution in [3.8, 4) is 0 Å². The minimum Gasteiger partial charge on any atom is -0.326 e. The van der Waals surface area contributed by atoms with Crippen molar-refractivity contribution >= 4 is 23.3 Å². The van der Waals surface area contributed by atoms with Gasteiger partial charge in [-0.25, -0.2) is 4.79 Å². The zero-order chi connectivity index (χ0) is 16.0. The van der Waals surface area contributed by atoms with Crippen molar-refractivity contribution in [2.75, 3.05) is 10.6 Å². The highest BCUT2D eigenvalue weighted by atomic mass is 16.2. The lowest BCUT2D eigenvalue weighted by Crippen LogP contribution is -2.25. The summed E-state index contributed by atoms with van der Waals surface area (Å²) < 4.78 is 0. The summed E-state index contributed by atoms with van der Waals surface area (Å²) in [4.78, 5) is 22.7. The Balaban J connectivity index is 2.57. The van der Waals surface area contributed by atoms with Crippen molar-refractivity contribution in [3.05, 3.63) is 36.0 Å². The van der Waals surface area contributed by atoms with E-state index in [0.717, 1.165) is 5.57 Å². The number of anilines is 2. The monoisotopic (exact) mass is 289 g/mol. The highest BCUT2D eigenvalue weighted by Crippen LogP contribution is 2.23. The van der Waals surface area contributed by atoms with Gasteiger partial charge < -0.3 is 16.0 Å². The van der Waals surface area contributed by atoms with E-state index < -0.39 is 0 Å². The van der Waals surface area contributed by atoms with Crippen LogP contribution in [0.15, 0.2) is 36.0 Å². The summed E-state index contributed by atoms with van der Waals surface area (Å²) in [5.74, 6) is -0.128. The van der Waals surface area contributed by atoms with Crippen LogP contribution in [0.1, 0.15) is 34.6 Å². The first kappa shape index (κ1) is 16.8. The van der Waals surface area contributed by atoms with Crippen molar-refractivity contribution in [2.24, 2.45) is 5.41 Å². The summed E-state index contributed by atoms with van der Waals surface area (Å²) in [6.07, 6.45) is 1.71. The van der Waals surface area contributed by atoms with E-state index in [2.05, 4.69) is 36.7 Å². The Morgan fingerprint density at radius 2 is 1.43 bits per heavy atom. The van der Waals surface area contributed by atoms with Gasteiger partial charge in [0.25, 0.3) is 0 Å². The Morgan fingerprint density at radius 3 is 1.86 bits per heavy atom. The summed E-state index contributed by atoms with van der Waals surface area (Å²) in [6.45, 7) is 9.67. The minimum atomic E-state index is -0.300. The standard InChI is InChI=1S/C16H23N3O2/c1-11(16(3,4)5)10-17-15(21)19-14-8-6-13(7-9-14)18-12(2)20/h6-10H,1-5H3,(H,18,20)(H2,17,19,21)/b11-10+. The van der Waals surface area contributed by atoms with Crippen LogP contribution in [0.2, 0.25) is 0 Å². The molecular formula is C16H23N3O2. The molecule has 0 heterocycles. The van der Waals surface area contributed by atoms with E-state index in [-0.39, 0.29) is 17.4 Å². The molecule has 0 radical (unpaired) electrons. The molecule has 114 valence electrons. The van der Waals surface area contributed by atoms with Crippen LogP contribution >= 0.6 is 0 Å². The van der Waals surface area contributed by atoms with Crippen LogP contribution in [-0.2, 0) is 4.79 Å². The first-order valence-electron chi connectivity index (χ1n) is 6.81. The van der Waals surface area contributed by atoms with Gasteiger partial charge in [0.05, 0.1) is 0 Å². The van der Waals surface area contributed by atoms with Gasteiger partial charge in [-0.15, -0.1) is 0 Å². The SMILES string of the molecule is CC(=O)Nc1ccc(NC(=O)N/C=C(\C)C(C)(C)C)cc1. The van der Waals surface area contributed by atoms with Crippen LogP contribution in [0, 0.1) is 5.41 Å². The summed E-state index contributed by atoms with van der Waals surface area (Å²) >= 11 is 0. The molecule has 3 amide bonds. The predicted octanol–water partition coefficient (Wildman–Crippen LogP) is 3.72. The molecule has 1 aromatic carbocycles. The third-order valence-electron chi connectivity index (χ3n) is 3.07. The molecule has 1 rings (SSSR count). The van der Waals surface area contributed by atoms with Gasteiger partial charge in [0.2, 0.25) is 5.91 Å². The lowest BCUT2D eigenvalue weighted by Gasteiger charge is -2.19. The Morgan fingerprint density at radius 1 is 0.952 bits per heavy atom. The molecule has 0 aromatic heterocycles. The van der Waals surface area contributed by atoms with Crippen molar-refractivity contribution < 1.29 is 9.59 Å². The zero-order valence-corrected chi connectivity index (χ0v) is 13.2. The Kier molecular flexibility index (Phi) is 5.52. The van der Waals surface area contributed by atoms with Gasteiger partial charge in [-0.2, -0.15) is 0 Å². The number of amides is 3. The second kappa shape index (κ2) is 6.92. The number of urea groups is 1. The minimum absolute atomic E-state index is 0.0211. The third-order valence-corrected chi connectivity index (χ3v) is 3.07. The molecule has 0 spiro atoms. The third kappa shape index (κ3) is 6.12.